The van der Waals surface area contributed by atoms with Crippen molar-refractivity contribution in [1.82, 2.24) is 5.32 Å². The molecule has 96 valence electrons. The van der Waals surface area contributed by atoms with Gasteiger partial charge in [0.1, 0.15) is 18.3 Å². The van der Waals surface area contributed by atoms with E-state index in [9.17, 15) is 4.79 Å². The van der Waals surface area contributed by atoms with Crippen LogP contribution in [-0.4, -0.2) is 25.6 Å². The molecule has 1 aromatic carbocycles. The summed E-state index contributed by atoms with van der Waals surface area (Å²) in [7, 11) is 1.62. The number of nitrogens with one attached hydrogen (secondary N) is 2. The van der Waals surface area contributed by atoms with Crippen molar-refractivity contribution in [3.63, 3.8) is 0 Å². The first kappa shape index (κ1) is 13.8. The standard InChI is InChI=1S/C13H17N3O2/c1-9-8-11(4-5-12(9)18-3)16-10(2)13(17)15-7-6-14/h4-5,8,10,16H,7H2,1-3H3,(H,15,17). The first-order valence-electron chi connectivity index (χ1n) is 5.64. The van der Waals surface area contributed by atoms with Gasteiger partial charge in [0.05, 0.1) is 13.2 Å². The van der Waals surface area contributed by atoms with Crippen LogP contribution in [0.25, 0.3) is 0 Å². The summed E-state index contributed by atoms with van der Waals surface area (Å²) < 4.78 is 5.16. The fourth-order valence-corrected chi connectivity index (χ4v) is 1.56. The maximum atomic E-state index is 11.6. The number of carbonyl (C=O) groups excluding carboxylic acids is 1. The van der Waals surface area contributed by atoms with Crippen LogP contribution in [0.2, 0.25) is 0 Å². The lowest BCUT2D eigenvalue weighted by molar-refractivity contribution is -0.121. The fraction of sp³-hybridized carbons (Fsp3) is 0.385. The van der Waals surface area contributed by atoms with E-state index in [0.29, 0.717) is 0 Å². The summed E-state index contributed by atoms with van der Waals surface area (Å²) in [4.78, 5) is 11.6. The van der Waals surface area contributed by atoms with E-state index in [-0.39, 0.29) is 12.5 Å². The molecule has 1 atom stereocenters. The highest BCUT2D eigenvalue weighted by Gasteiger charge is 2.12. The molecule has 0 heterocycles. The Morgan fingerprint density at radius 3 is 2.83 bits per heavy atom. The van der Waals surface area contributed by atoms with Gasteiger partial charge < -0.3 is 15.4 Å². The number of amides is 1. The zero-order chi connectivity index (χ0) is 13.5. The molecule has 5 nitrogen and oxygen atoms in total. The predicted molar refractivity (Wildman–Crippen MR) is 69.4 cm³/mol. The number of anilines is 1. The summed E-state index contributed by atoms with van der Waals surface area (Å²) in [5, 5.41) is 13.9. The summed E-state index contributed by atoms with van der Waals surface area (Å²) in [6, 6.07) is 7.07. The molecular formula is C13H17N3O2. The molecule has 5 heteroatoms. The van der Waals surface area contributed by atoms with Crippen LogP contribution in [-0.2, 0) is 4.79 Å². The molecule has 1 aromatic rings. The SMILES string of the molecule is COc1ccc(NC(C)C(=O)NCC#N)cc1C. The van der Waals surface area contributed by atoms with Gasteiger partial charge >= 0.3 is 0 Å². The van der Waals surface area contributed by atoms with Gasteiger partial charge in [-0.05, 0) is 37.6 Å². The monoisotopic (exact) mass is 247 g/mol. The Bertz CT molecular complexity index is 466. The van der Waals surface area contributed by atoms with Gasteiger partial charge in [-0.3, -0.25) is 4.79 Å². The summed E-state index contributed by atoms with van der Waals surface area (Å²) in [5.74, 6) is 0.604. The maximum absolute atomic E-state index is 11.6. The van der Waals surface area contributed by atoms with Gasteiger partial charge in [0.2, 0.25) is 5.91 Å². The second-order valence-corrected chi connectivity index (χ2v) is 3.93. The van der Waals surface area contributed by atoms with Crippen molar-refractivity contribution in [3.05, 3.63) is 23.8 Å². The molecule has 0 aliphatic carbocycles. The number of hydrogen-bond donors (Lipinski definition) is 2. The van der Waals surface area contributed by atoms with E-state index >= 15 is 0 Å². The number of methoxy groups -OCH3 is 1. The van der Waals surface area contributed by atoms with E-state index in [1.807, 2.05) is 31.2 Å². The van der Waals surface area contributed by atoms with Crippen molar-refractivity contribution in [1.29, 1.82) is 5.26 Å². The maximum Gasteiger partial charge on any atom is 0.243 e. The number of benzene rings is 1. The van der Waals surface area contributed by atoms with Gasteiger partial charge in [-0.1, -0.05) is 0 Å². The number of aryl methyl sites for hydroxylation is 1. The first-order valence-corrected chi connectivity index (χ1v) is 5.64. The Balaban J connectivity index is 2.65. The average molecular weight is 247 g/mol. The Hall–Kier alpha value is -2.22. The molecule has 0 aliphatic heterocycles. The Morgan fingerprint density at radius 2 is 2.28 bits per heavy atom. The van der Waals surface area contributed by atoms with E-state index in [0.717, 1.165) is 17.0 Å². The van der Waals surface area contributed by atoms with Crippen LogP contribution in [0.1, 0.15) is 12.5 Å². The van der Waals surface area contributed by atoms with Crippen molar-refractivity contribution in [3.8, 4) is 11.8 Å². The zero-order valence-corrected chi connectivity index (χ0v) is 10.8. The summed E-state index contributed by atoms with van der Waals surface area (Å²) >= 11 is 0. The van der Waals surface area contributed by atoms with Crippen LogP contribution in [0, 0.1) is 18.3 Å². The van der Waals surface area contributed by atoms with E-state index in [1.165, 1.54) is 0 Å². The van der Waals surface area contributed by atoms with Crippen LogP contribution < -0.4 is 15.4 Å². The van der Waals surface area contributed by atoms with E-state index in [2.05, 4.69) is 10.6 Å². The van der Waals surface area contributed by atoms with Crippen LogP contribution in [0.5, 0.6) is 5.75 Å². The Morgan fingerprint density at radius 1 is 1.56 bits per heavy atom. The smallest absolute Gasteiger partial charge is 0.243 e. The fourth-order valence-electron chi connectivity index (χ4n) is 1.56. The number of nitriles is 1. The predicted octanol–water partition coefficient (Wildman–Crippen LogP) is 1.44. The first-order chi connectivity index (χ1) is 8.58. The molecule has 1 amide bonds. The summed E-state index contributed by atoms with van der Waals surface area (Å²) in [6.45, 7) is 3.70. The molecule has 0 saturated carbocycles. The molecule has 0 saturated heterocycles. The molecule has 1 rings (SSSR count). The number of hydrogen-bond acceptors (Lipinski definition) is 4. The largest absolute Gasteiger partial charge is 0.496 e. The van der Waals surface area contributed by atoms with Gasteiger partial charge in [-0.25, -0.2) is 0 Å². The normalized spacial score (nSPS) is 11.2. The minimum absolute atomic E-state index is 0.0203. The van der Waals surface area contributed by atoms with Crippen LogP contribution in [0.4, 0.5) is 5.69 Å². The minimum Gasteiger partial charge on any atom is -0.496 e. The molecule has 0 fully saturated rings. The van der Waals surface area contributed by atoms with Crippen molar-refractivity contribution in [2.24, 2.45) is 0 Å². The molecule has 0 aliphatic rings. The molecular weight excluding hydrogens is 230 g/mol. The lowest BCUT2D eigenvalue weighted by Crippen LogP contribution is -2.37. The third-order valence-electron chi connectivity index (χ3n) is 2.51. The minimum atomic E-state index is -0.397. The third-order valence-corrected chi connectivity index (χ3v) is 2.51. The topological polar surface area (TPSA) is 74.2 Å². The van der Waals surface area contributed by atoms with Crippen molar-refractivity contribution in [2.45, 2.75) is 19.9 Å². The molecule has 0 aromatic heterocycles. The number of rotatable bonds is 5. The molecule has 0 bridgehead atoms. The molecule has 0 radical (unpaired) electrons. The second kappa shape index (κ2) is 6.50. The Kier molecular flexibility index (Phi) is 5.00. The van der Waals surface area contributed by atoms with Gasteiger partial charge in [0.15, 0.2) is 0 Å². The van der Waals surface area contributed by atoms with Crippen LogP contribution in [0.15, 0.2) is 18.2 Å². The van der Waals surface area contributed by atoms with Gasteiger partial charge in [-0.15, -0.1) is 0 Å². The number of ether oxygens (including phenoxy) is 1. The van der Waals surface area contributed by atoms with Crippen LogP contribution >= 0.6 is 0 Å². The number of nitrogens with zero attached hydrogens (tertiary/aromatic N) is 1. The van der Waals surface area contributed by atoms with Gasteiger partial charge in [0.25, 0.3) is 0 Å². The summed E-state index contributed by atoms with van der Waals surface area (Å²) in [6.07, 6.45) is 0. The average Bonchev–Trinajstić information content (AvgIpc) is 2.36. The highest BCUT2D eigenvalue weighted by Crippen LogP contribution is 2.21. The van der Waals surface area contributed by atoms with Gasteiger partial charge in [-0.2, -0.15) is 5.26 Å². The van der Waals surface area contributed by atoms with Crippen molar-refractivity contribution in [2.75, 3.05) is 19.0 Å². The van der Waals surface area contributed by atoms with E-state index in [1.54, 1.807) is 14.0 Å². The van der Waals surface area contributed by atoms with Crippen molar-refractivity contribution < 1.29 is 9.53 Å². The lowest BCUT2D eigenvalue weighted by Gasteiger charge is -2.15. The lowest BCUT2D eigenvalue weighted by atomic mass is 10.2. The van der Waals surface area contributed by atoms with Crippen molar-refractivity contribution >= 4 is 11.6 Å². The quantitative estimate of drug-likeness (QED) is 0.772. The second-order valence-electron chi connectivity index (χ2n) is 3.93. The van der Waals surface area contributed by atoms with Gasteiger partial charge in [0, 0.05) is 5.69 Å². The number of carbonyl (C=O) groups is 1. The van der Waals surface area contributed by atoms with E-state index in [4.69, 9.17) is 10.00 Å². The molecule has 18 heavy (non-hydrogen) atoms. The highest BCUT2D eigenvalue weighted by atomic mass is 16.5. The Labute approximate surface area is 107 Å². The molecule has 1 unspecified atom stereocenters. The molecule has 2 N–H and O–H groups in total. The summed E-state index contributed by atoms with van der Waals surface area (Å²) in [5.41, 5.74) is 1.83. The zero-order valence-electron chi connectivity index (χ0n) is 10.8. The third kappa shape index (κ3) is 3.67. The van der Waals surface area contributed by atoms with E-state index < -0.39 is 6.04 Å². The highest BCUT2D eigenvalue weighted by molar-refractivity contribution is 5.84. The van der Waals surface area contributed by atoms with Crippen LogP contribution in [0.3, 0.4) is 0 Å². The molecule has 0 spiro atoms.